The van der Waals surface area contributed by atoms with Crippen LogP contribution in [0.4, 0.5) is 0 Å². The van der Waals surface area contributed by atoms with E-state index < -0.39 is 0 Å². The van der Waals surface area contributed by atoms with Crippen molar-refractivity contribution in [3.63, 3.8) is 0 Å². The number of hydrogen-bond donors (Lipinski definition) is 0. The molecule has 0 saturated heterocycles. The van der Waals surface area contributed by atoms with E-state index >= 15 is 0 Å². The van der Waals surface area contributed by atoms with Crippen molar-refractivity contribution in [2.45, 2.75) is 124 Å². The smallest absolute Gasteiger partial charge is 0.0298 e. The quantitative estimate of drug-likeness (QED) is 0.268. The van der Waals surface area contributed by atoms with Crippen molar-refractivity contribution in [3.8, 4) is 0 Å². The van der Waals surface area contributed by atoms with Gasteiger partial charge in [-0.3, -0.25) is 0 Å². The van der Waals surface area contributed by atoms with Crippen LogP contribution in [0.15, 0.2) is 0 Å². The first kappa shape index (κ1) is 20.0. The molecule has 0 aliphatic carbocycles. The van der Waals surface area contributed by atoms with E-state index in [-0.39, 0.29) is 0 Å². The van der Waals surface area contributed by atoms with E-state index in [1.165, 1.54) is 96.3 Å². The minimum atomic E-state index is 0.697. The molecule has 0 heterocycles. The zero-order chi connectivity index (χ0) is 15.1. The summed E-state index contributed by atoms with van der Waals surface area (Å²) >= 11 is 0. The van der Waals surface area contributed by atoms with Gasteiger partial charge >= 0.3 is 0 Å². The van der Waals surface area contributed by atoms with Gasteiger partial charge in [0.25, 0.3) is 0 Å². The fourth-order valence-electron chi connectivity index (χ4n) is 3.82. The Bertz CT molecular complexity index is 176. The third-order valence-electron chi connectivity index (χ3n) is 4.93. The van der Waals surface area contributed by atoms with Gasteiger partial charge in [-0.1, -0.05) is 98.3 Å². The van der Waals surface area contributed by atoms with Crippen LogP contribution in [-0.4, -0.2) is 0 Å². The van der Waals surface area contributed by atoms with Crippen molar-refractivity contribution in [1.82, 2.24) is 0 Å². The predicted octanol–water partition coefficient (Wildman–Crippen LogP) is 7.90. The molecule has 0 aliphatic rings. The van der Waals surface area contributed by atoms with Crippen molar-refractivity contribution in [2.75, 3.05) is 0 Å². The fraction of sp³-hybridized carbons (Fsp3) is 1.00. The van der Waals surface area contributed by atoms with Crippen LogP contribution in [0.3, 0.4) is 0 Å². The van der Waals surface area contributed by atoms with Crippen molar-refractivity contribution < 1.29 is 0 Å². The summed E-state index contributed by atoms with van der Waals surface area (Å²) in [5, 5.41) is 0. The molecule has 0 N–H and O–H groups in total. The van der Waals surface area contributed by atoms with Gasteiger partial charge in [-0.15, -0.1) is 0 Å². The lowest BCUT2D eigenvalue weighted by Crippen LogP contribution is -2.20. The predicted molar refractivity (Wildman–Crippen MR) is 94.4 cm³/mol. The van der Waals surface area contributed by atoms with E-state index in [1.54, 1.807) is 0 Å². The summed E-state index contributed by atoms with van der Waals surface area (Å²) in [6, 6.07) is 0. The van der Waals surface area contributed by atoms with Crippen LogP contribution in [0.5, 0.6) is 0 Å². The molecule has 0 aromatic carbocycles. The van der Waals surface area contributed by atoms with Crippen molar-refractivity contribution in [2.24, 2.45) is 5.41 Å². The highest BCUT2D eigenvalue weighted by Crippen LogP contribution is 2.40. The minimum absolute atomic E-state index is 0.697. The second kappa shape index (κ2) is 14.0. The molecule has 0 amide bonds. The van der Waals surface area contributed by atoms with Crippen LogP contribution in [-0.2, 0) is 0 Å². The first-order valence-electron chi connectivity index (χ1n) is 9.74. The van der Waals surface area contributed by atoms with E-state index in [0.29, 0.717) is 5.41 Å². The monoisotopic (exact) mass is 282 g/mol. The first-order valence-corrected chi connectivity index (χ1v) is 9.74. The van der Waals surface area contributed by atoms with E-state index in [9.17, 15) is 0 Å². The zero-order valence-electron chi connectivity index (χ0n) is 15.1. The van der Waals surface area contributed by atoms with E-state index in [4.69, 9.17) is 0 Å². The van der Waals surface area contributed by atoms with Gasteiger partial charge in [0.15, 0.2) is 0 Å². The Morgan fingerprint density at radius 1 is 0.400 bits per heavy atom. The Morgan fingerprint density at radius 3 is 1.35 bits per heavy atom. The van der Waals surface area contributed by atoms with E-state index in [0.717, 1.165) is 0 Å². The number of rotatable bonds is 15. The van der Waals surface area contributed by atoms with Gasteiger partial charge < -0.3 is 0 Å². The first-order chi connectivity index (χ1) is 9.74. The highest BCUT2D eigenvalue weighted by Gasteiger charge is 2.26. The molecule has 0 unspecified atom stereocenters. The fourth-order valence-corrected chi connectivity index (χ4v) is 3.82. The average molecular weight is 283 g/mol. The summed E-state index contributed by atoms with van der Waals surface area (Å²) < 4.78 is 0. The lowest BCUT2D eigenvalue weighted by Gasteiger charge is -2.34. The highest BCUT2D eigenvalue weighted by atomic mass is 14.3. The molecule has 0 spiro atoms. The molecule has 122 valence electrons. The molecular formula is C20H42. The molecule has 0 fully saturated rings. The summed E-state index contributed by atoms with van der Waals surface area (Å²) in [4.78, 5) is 0. The molecule has 20 heavy (non-hydrogen) atoms. The summed E-state index contributed by atoms with van der Waals surface area (Å²) in [7, 11) is 0. The number of unbranched alkanes of at least 4 members (excludes halogenated alkanes) is 7. The Labute approximate surface area is 130 Å². The van der Waals surface area contributed by atoms with Crippen LogP contribution in [0.25, 0.3) is 0 Å². The maximum Gasteiger partial charge on any atom is -0.0298 e. The van der Waals surface area contributed by atoms with Crippen LogP contribution in [0.1, 0.15) is 124 Å². The number of hydrogen-bond acceptors (Lipinski definition) is 0. The van der Waals surface area contributed by atoms with Gasteiger partial charge in [0.05, 0.1) is 0 Å². The maximum absolute atomic E-state index is 2.38. The Kier molecular flexibility index (Phi) is 14.0. The largest absolute Gasteiger partial charge is 0.0654 e. The molecule has 0 rings (SSSR count). The van der Waals surface area contributed by atoms with Crippen molar-refractivity contribution >= 4 is 0 Å². The van der Waals surface area contributed by atoms with Crippen LogP contribution < -0.4 is 0 Å². The van der Waals surface area contributed by atoms with Crippen LogP contribution in [0, 0.1) is 5.41 Å². The molecule has 0 aromatic heterocycles. The van der Waals surface area contributed by atoms with Crippen molar-refractivity contribution in [3.05, 3.63) is 0 Å². The summed E-state index contributed by atoms with van der Waals surface area (Å²) in [5.74, 6) is 0. The van der Waals surface area contributed by atoms with Crippen molar-refractivity contribution in [1.29, 1.82) is 0 Å². The van der Waals surface area contributed by atoms with Gasteiger partial charge in [-0.05, 0) is 31.1 Å². The Balaban J connectivity index is 3.99. The van der Waals surface area contributed by atoms with Gasteiger partial charge in [-0.25, -0.2) is 0 Å². The molecule has 0 bridgehead atoms. The zero-order valence-corrected chi connectivity index (χ0v) is 15.1. The second-order valence-electron chi connectivity index (χ2n) is 6.97. The third kappa shape index (κ3) is 9.83. The molecule has 0 saturated carbocycles. The van der Waals surface area contributed by atoms with Gasteiger partial charge in [0.2, 0.25) is 0 Å². The van der Waals surface area contributed by atoms with Gasteiger partial charge in [0.1, 0.15) is 0 Å². The standard InChI is InChI=1S/C20H42/c1-5-9-11-12-13-14-15-19-20(16-7-3,17-8-4)18-10-6-2/h5-19H2,1-4H3. The minimum Gasteiger partial charge on any atom is -0.0654 e. The lowest BCUT2D eigenvalue weighted by molar-refractivity contribution is 0.182. The third-order valence-corrected chi connectivity index (χ3v) is 4.93. The maximum atomic E-state index is 2.38. The SMILES string of the molecule is CCCCCCCCCC(CCC)(CCC)CCCC. The molecule has 0 radical (unpaired) electrons. The lowest BCUT2D eigenvalue weighted by atomic mass is 9.71. The topological polar surface area (TPSA) is 0 Å². The Hall–Kier alpha value is 0. The van der Waals surface area contributed by atoms with Crippen LogP contribution >= 0.6 is 0 Å². The Morgan fingerprint density at radius 2 is 0.850 bits per heavy atom. The summed E-state index contributed by atoms with van der Waals surface area (Å²) in [6.45, 7) is 9.40. The normalized spacial score (nSPS) is 12.0. The van der Waals surface area contributed by atoms with Crippen LogP contribution in [0.2, 0.25) is 0 Å². The van der Waals surface area contributed by atoms with Gasteiger partial charge in [0, 0.05) is 0 Å². The summed E-state index contributed by atoms with van der Waals surface area (Å²) in [5.41, 5.74) is 0.697. The second-order valence-corrected chi connectivity index (χ2v) is 6.97. The summed E-state index contributed by atoms with van der Waals surface area (Å²) in [6.07, 6.45) is 21.7. The molecule has 0 aliphatic heterocycles. The van der Waals surface area contributed by atoms with Gasteiger partial charge in [-0.2, -0.15) is 0 Å². The van der Waals surface area contributed by atoms with E-state index in [2.05, 4.69) is 27.7 Å². The molecule has 0 nitrogen and oxygen atoms in total. The molecule has 0 heteroatoms. The highest BCUT2D eigenvalue weighted by molar-refractivity contribution is 4.78. The molecular weight excluding hydrogens is 240 g/mol. The average Bonchev–Trinajstić information content (AvgIpc) is 2.45. The molecule has 0 aromatic rings. The van der Waals surface area contributed by atoms with E-state index in [1.807, 2.05) is 0 Å². The molecule has 0 atom stereocenters.